The Morgan fingerprint density at radius 1 is 1.50 bits per heavy atom. The van der Waals surface area contributed by atoms with Crippen molar-refractivity contribution in [2.45, 2.75) is 6.04 Å². The van der Waals surface area contributed by atoms with E-state index in [0.717, 1.165) is 0 Å². The average Bonchev–Trinajstić information content (AvgIpc) is 1.65. The third kappa shape index (κ3) is 12.1. The third-order valence-corrected chi connectivity index (χ3v) is 0.907. The fourth-order valence-corrected chi connectivity index (χ4v) is 0.234. The van der Waals surface area contributed by atoms with Gasteiger partial charge in [-0.2, -0.15) is 12.6 Å². The van der Waals surface area contributed by atoms with Gasteiger partial charge < -0.3 is 10.8 Å². The number of carbonyl (C=O) groups is 1. The molecule has 0 amide bonds. The van der Waals surface area contributed by atoms with E-state index >= 15 is 0 Å². The molecule has 10 heavy (non-hydrogen) atoms. The van der Waals surface area contributed by atoms with Crippen LogP contribution >= 0.6 is 12.6 Å². The Bertz CT molecular complexity index is 84.1. The first-order valence-corrected chi connectivity index (χ1v) is 2.41. The quantitative estimate of drug-likeness (QED) is 0.403. The van der Waals surface area contributed by atoms with Crippen molar-refractivity contribution in [3.05, 3.63) is 0 Å². The van der Waals surface area contributed by atoms with E-state index in [0.29, 0.717) is 0 Å². The second kappa shape index (κ2) is 13.0. The van der Waals surface area contributed by atoms with E-state index in [-0.39, 0.29) is 57.0 Å². The fraction of sp³-hybridized carbons (Fsp3) is 0.667. The van der Waals surface area contributed by atoms with Crippen molar-refractivity contribution in [1.82, 2.24) is 0 Å². The van der Waals surface area contributed by atoms with Gasteiger partial charge in [0.2, 0.25) is 0 Å². The minimum Gasteiger partial charge on any atom is -0.480 e. The monoisotopic (exact) mass is 361 g/mol. The number of aliphatic carboxylic acids is 1. The van der Waals surface area contributed by atoms with Crippen molar-refractivity contribution in [1.29, 1.82) is 0 Å². The maximum absolute atomic E-state index is 9.76. The van der Waals surface area contributed by atoms with E-state index in [2.05, 4.69) is 12.6 Å². The van der Waals surface area contributed by atoms with Gasteiger partial charge in [-0.1, -0.05) is 0 Å². The molecule has 0 aromatic carbocycles. The Kier molecular flexibility index (Phi) is 29.2. The minimum absolute atomic E-state index is 0. The summed E-state index contributed by atoms with van der Waals surface area (Å²) in [4.78, 5) is 9.76. The molecule has 1 atom stereocenters. The van der Waals surface area contributed by atoms with Gasteiger partial charge in [0.15, 0.2) is 0 Å². The molecule has 0 aliphatic rings. The number of thiol groups is 1. The van der Waals surface area contributed by atoms with E-state index in [1.165, 1.54) is 0 Å². The molecule has 0 spiro atoms. The standard InChI is InChI=1S/C3H7NO2S.3Se/c4-2(1-7)3(5)6;;;/h2,7H,1,4H2,(H,5,6);;;/t2-;;;/m0.../s1. The molecule has 0 bridgehead atoms. The van der Waals surface area contributed by atoms with E-state index in [9.17, 15) is 4.79 Å². The van der Waals surface area contributed by atoms with Crippen molar-refractivity contribution < 1.29 is 9.90 Å². The van der Waals surface area contributed by atoms with Gasteiger partial charge in [-0.3, -0.25) is 4.79 Å². The first-order chi connectivity index (χ1) is 3.18. The molecule has 0 unspecified atom stereocenters. The SMILES string of the molecule is N[C@@H](CS)C(=O)O.[Se].[Se].[Se]. The molecule has 0 aromatic heterocycles. The maximum atomic E-state index is 9.76. The van der Waals surface area contributed by atoms with Crippen molar-refractivity contribution in [3.8, 4) is 0 Å². The number of hydrogen-bond acceptors (Lipinski definition) is 3. The summed E-state index contributed by atoms with van der Waals surface area (Å²) >= 11 is 3.65. The summed E-state index contributed by atoms with van der Waals surface area (Å²) < 4.78 is 0. The fourth-order valence-electron chi connectivity index (χ4n) is 0.0781. The van der Waals surface area contributed by atoms with Crippen LogP contribution in [0.15, 0.2) is 0 Å². The van der Waals surface area contributed by atoms with Gasteiger partial charge in [0.1, 0.15) is 6.04 Å². The van der Waals surface area contributed by atoms with E-state index < -0.39 is 12.0 Å². The summed E-state index contributed by atoms with van der Waals surface area (Å²) in [5.74, 6) is -0.815. The molecule has 0 aliphatic carbocycles. The van der Waals surface area contributed by atoms with Gasteiger partial charge in [-0.25, -0.2) is 0 Å². The molecule has 3 nitrogen and oxygen atoms in total. The summed E-state index contributed by atoms with van der Waals surface area (Å²) in [6.07, 6.45) is 0. The number of hydrogen-bond donors (Lipinski definition) is 3. The van der Waals surface area contributed by atoms with Crippen molar-refractivity contribution >= 4 is 69.8 Å². The molecule has 0 saturated heterocycles. The van der Waals surface area contributed by atoms with Crippen molar-refractivity contribution in [3.63, 3.8) is 0 Å². The van der Waals surface area contributed by atoms with E-state index in [1.807, 2.05) is 0 Å². The Morgan fingerprint density at radius 2 is 1.80 bits per heavy atom. The third-order valence-electron chi connectivity index (χ3n) is 0.514. The number of nitrogens with two attached hydrogens (primary N) is 1. The van der Waals surface area contributed by atoms with Crippen LogP contribution in [0.5, 0.6) is 0 Å². The Hall–Kier alpha value is 1.34. The van der Waals surface area contributed by atoms with Crippen LogP contribution in [0.3, 0.4) is 0 Å². The summed E-state index contributed by atoms with van der Waals surface area (Å²) in [6.45, 7) is 0. The molecular formula is C3H7NO2SSe3. The largest absolute Gasteiger partial charge is 0.480 e. The van der Waals surface area contributed by atoms with Crippen LogP contribution in [-0.2, 0) is 4.79 Å². The van der Waals surface area contributed by atoms with Crippen LogP contribution < -0.4 is 5.73 Å². The van der Waals surface area contributed by atoms with Crippen LogP contribution in [0.25, 0.3) is 0 Å². The normalized spacial score (nSPS) is 9.40. The molecule has 7 heteroatoms. The zero-order valence-electron chi connectivity index (χ0n) is 4.89. The van der Waals surface area contributed by atoms with Crippen LogP contribution in [0.2, 0.25) is 0 Å². The molecular weight excluding hydrogens is 351 g/mol. The smallest absolute Gasteiger partial charge is 0.321 e. The van der Waals surface area contributed by atoms with Gasteiger partial charge in [-0.15, -0.1) is 0 Å². The molecule has 0 aliphatic heterocycles. The van der Waals surface area contributed by atoms with Crippen LogP contribution in [0.1, 0.15) is 0 Å². The predicted molar refractivity (Wildman–Crippen MR) is 46.7 cm³/mol. The summed E-state index contributed by atoms with van der Waals surface area (Å²) in [6, 6.07) is -0.816. The average molecular weight is 358 g/mol. The second-order valence-corrected chi connectivity index (χ2v) is 1.49. The topological polar surface area (TPSA) is 63.3 Å². The van der Waals surface area contributed by atoms with Gasteiger partial charge in [0.05, 0.1) is 0 Å². The number of carboxylic acid groups (broad SMARTS) is 1. The van der Waals surface area contributed by atoms with Crippen LogP contribution in [0.4, 0.5) is 0 Å². The molecule has 0 saturated carbocycles. The molecule has 0 fully saturated rings. The molecule has 0 aromatic rings. The Morgan fingerprint density at radius 3 is 1.80 bits per heavy atom. The molecule has 3 N–H and O–H groups in total. The van der Waals surface area contributed by atoms with Crippen LogP contribution in [-0.4, -0.2) is 74.1 Å². The Labute approximate surface area is 96.7 Å². The molecule has 0 heterocycles. The second-order valence-electron chi connectivity index (χ2n) is 1.13. The molecule has 6 radical (unpaired) electrons. The first kappa shape index (κ1) is 22.5. The first-order valence-electron chi connectivity index (χ1n) is 1.77. The van der Waals surface area contributed by atoms with Gasteiger partial charge in [0, 0.05) is 57.0 Å². The van der Waals surface area contributed by atoms with Crippen molar-refractivity contribution in [2.24, 2.45) is 5.73 Å². The van der Waals surface area contributed by atoms with Crippen molar-refractivity contribution in [2.75, 3.05) is 5.75 Å². The van der Waals surface area contributed by atoms with Gasteiger partial charge in [0.25, 0.3) is 0 Å². The van der Waals surface area contributed by atoms with Gasteiger partial charge >= 0.3 is 5.97 Å². The minimum atomic E-state index is -1.00. The summed E-state index contributed by atoms with van der Waals surface area (Å²) in [5, 5.41) is 8.01. The number of rotatable bonds is 2. The zero-order chi connectivity index (χ0) is 5.86. The maximum Gasteiger partial charge on any atom is 0.321 e. The summed E-state index contributed by atoms with van der Waals surface area (Å²) in [7, 11) is 0. The molecule has 0 rings (SSSR count). The molecule has 60 valence electrons. The Balaban J connectivity index is -0.0000000600. The predicted octanol–water partition coefficient (Wildman–Crippen LogP) is -1.81. The van der Waals surface area contributed by atoms with E-state index in [1.54, 1.807) is 0 Å². The number of carboxylic acids is 1. The summed E-state index contributed by atoms with van der Waals surface area (Å²) in [5.41, 5.74) is 4.94. The van der Waals surface area contributed by atoms with E-state index in [4.69, 9.17) is 10.8 Å². The van der Waals surface area contributed by atoms with Gasteiger partial charge in [-0.05, 0) is 0 Å². The zero-order valence-corrected chi connectivity index (χ0v) is 10.9. The van der Waals surface area contributed by atoms with Crippen LogP contribution in [0, 0.1) is 0 Å².